The normalized spacial score (nSPS) is 20.9. The molecule has 0 bridgehead atoms. The maximum atomic E-state index is 13.2. The summed E-state index contributed by atoms with van der Waals surface area (Å²) in [7, 11) is 1.49. The number of anilines is 1. The number of ether oxygens (including phenoxy) is 1. The highest BCUT2D eigenvalue weighted by atomic mass is 19.2. The first-order valence-electron chi connectivity index (χ1n) is 6.94. The van der Waals surface area contributed by atoms with Gasteiger partial charge in [0.05, 0.1) is 18.6 Å². The van der Waals surface area contributed by atoms with Crippen molar-refractivity contribution >= 4 is 17.6 Å². The van der Waals surface area contributed by atoms with Crippen LogP contribution in [-0.2, 0) is 14.3 Å². The van der Waals surface area contributed by atoms with E-state index in [-0.39, 0.29) is 30.7 Å². The number of rotatable bonds is 5. The van der Waals surface area contributed by atoms with Gasteiger partial charge in [0.2, 0.25) is 5.91 Å². The summed E-state index contributed by atoms with van der Waals surface area (Å²) >= 11 is 0. The molecule has 1 aliphatic rings. The van der Waals surface area contributed by atoms with Crippen LogP contribution in [-0.4, -0.2) is 36.7 Å². The van der Waals surface area contributed by atoms with Gasteiger partial charge in [-0.3, -0.25) is 9.59 Å². The summed E-state index contributed by atoms with van der Waals surface area (Å²) in [6.45, 7) is 0.205. The van der Waals surface area contributed by atoms with Gasteiger partial charge in [0.1, 0.15) is 0 Å². The Morgan fingerprint density at radius 3 is 2.73 bits per heavy atom. The zero-order valence-corrected chi connectivity index (χ0v) is 12.1. The molecule has 1 N–H and O–H groups in total. The van der Waals surface area contributed by atoms with E-state index in [1.54, 1.807) is 0 Å². The Bertz CT molecular complexity index is 579. The van der Waals surface area contributed by atoms with Gasteiger partial charge in [-0.2, -0.15) is 0 Å². The first-order valence-corrected chi connectivity index (χ1v) is 6.94. The van der Waals surface area contributed by atoms with Gasteiger partial charge in [-0.1, -0.05) is 0 Å². The summed E-state index contributed by atoms with van der Waals surface area (Å²) in [5.41, 5.74) is 0.262. The van der Waals surface area contributed by atoms with Crippen LogP contribution in [0.5, 0.6) is 0 Å². The lowest BCUT2D eigenvalue weighted by Crippen LogP contribution is -2.33. The van der Waals surface area contributed by atoms with Crippen LogP contribution in [0.3, 0.4) is 0 Å². The van der Waals surface area contributed by atoms with E-state index in [1.807, 2.05) is 0 Å². The van der Waals surface area contributed by atoms with Gasteiger partial charge >= 0.3 is 5.97 Å². The molecule has 0 aromatic heterocycles. The van der Waals surface area contributed by atoms with Crippen molar-refractivity contribution in [3.63, 3.8) is 0 Å². The van der Waals surface area contributed by atoms with Gasteiger partial charge in [-0.25, -0.2) is 8.78 Å². The zero-order valence-electron chi connectivity index (χ0n) is 12.1. The smallest absolute Gasteiger partial charge is 0.303 e. The molecule has 0 saturated carbocycles. The van der Waals surface area contributed by atoms with Crippen molar-refractivity contribution in [2.45, 2.75) is 25.4 Å². The molecule has 2 atom stereocenters. The molecule has 22 heavy (non-hydrogen) atoms. The van der Waals surface area contributed by atoms with E-state index in [4.69, 9.17) is 9.84 Å². The van der Waals surface area contributed by atoms with E-state index in [1.165, 1.54) is 18.0 Å². The molecule has 5 nitrogen and oxygen atoms in total. The molecule has 7 heteroatoms. The maximum absolute atomic E-state index is 13.2. The summed E-state index contributed by atoms with van der Waals surface area (Å²) < 4.78 is 31.6. The highest BCUT2D eigenvalue weighted by molar-refractivity contribution is 5.94. The summed E-state index contributed by atoms with van der Waals surface area (Å²) in [5, 5.41) is 8.64. The summed E-state index contributed by atoms with van der Waals surface area (Å²) in [4.78, 5) is 24.1. The van der Waals surface area contributed by atoms with Crippen LogP contribution < -0.4 is 4.90 Å². The Morgan fingerprint density at radius 2 is 2.09 bits per heavy atom. The van der Waals surface area contributed by atoms with Crippen LogP contribution in [0.15, 0.2) is 18.2 Å². The highest BCUT2D eigenvalue weighted by Gasteiger charge is 2.33. The molecule has 0 spiro atoms. The highest BCUT2D eigenvalue weighted by Crippen LogP contribution is 2.26. The molecule has 1 aromatic rings. The molecule has 2 rings (SSSR count). The molecular weight excluding hydrogens is 296 g/mol. The third-order valence-electron chi connectivity index (χ3n) is 3.73. The molecular formula is C15H17F2NO4. The molecule has 1 saturated heterocycles. The quantitative estimate of drug-likeness (QED) is 0.905. The van der Waals surface area contributed by atoms with Crippen molar-refractivity contribution < 1.29 is 28.2 Å². The molecule has 0 radical (unpaired) electrons. The van der Waals surface area contributed by atoms with Gasteiger partial charge in [0.25, 0.3) is 0 Å². The standard InChI is InChI=1S/C15H17F2NO4/c1-18(10-2-4-12(16)13(17)7-10)15(21)9-6-11(22-8-9)3-5-14(19)20/h2,4,7,9,11H,3,5-6,8H2,1H3,(H,19,20). The Kier molecular flexibility index (Phi) is 5.07. The molecule has 1 fully saturated rings. The SMILES string of the molecule is CN(C(=O)C1COC(CCC(=O)O)C1)c1ccc(F)c(F)c1. The number of hydrogen-bond donors (Lipinski definition) is 1. The number of carboxylic acid groups (broad SMARTS) is 1. The van der Waals surface area contributed by atoms with Gasteiger partial charge in [-0.15, -0.1) is 0 Å². The maximum Gasteiger partial charge on any atom is 0.303 e. The largest absolute Gasteiger partial charge is 0.481 e. The van der Waals surface area contributed by atoms with E-state index < -0.39 is 23.5 Å². The van der Waals surface area contributed by atoms with Gasteiger partial charge < -0.3 is 14.7 Å². The number of hydrogen-bond acceptors (Lipinski definition) is 3. The van der Waals surface area contributed by atoms with Crippen molar-refractivity contribution in [3.8, 4) is 0 Å². The molecule has 1 amide bonds. The Labute approximate surface area is 126 Å². The molecule has 1 aromatic carbocycles. The molecule has 1 heterocycles. The molecule has 0 aliphatic carbocycles. The number of benzene rings is 1. The Hall–Kier alpha value is -2.02. The van der Waals surface area contributed by atoms with E-state index in [9.17, 15) is 18.4 Å². The van der Waals surface area contributed by atoms with E-state index in [0.717, 1.165) is 12.1 Å². The van der Waals surface area contributed by atoms with Crippen molar-refractivity contribution in [1.29, 1.82) is 0 Å². The fourth-order valence-electron chi connectivity index (χ4n) is 2.46. The number of amides is 1. The van der Waals surface area contributed by atoms with Crippen LogP contribution in [0, 0.1) is 17.6 Å². The van der Waals surface area contributed by atoms with Crippen LogP contribution in [0.1, 0.15) is 19.3 Å². The number of carbonyl (C=O) groups is 2. The van der Waals surface area contributed by atoms with Gasteiger partial charge in [0.15, 0.2) is 11.6 Å². The minimum Gasteiger partial charge on any atom is -0.481 e. The van der Waals surface area contributed by atoms with Crippen LogP contribution in [0.2, 0.25) is 0 Å². The number of carbonyl (C=O) groups excluding carboxylic acids is 1. The topological polar surface area (TPSA) is 66.8 Å². The second kappa shape index (κ2) is 6.83. The predicted octanol–water partition coefficient (Wildman–Crippen LogP) is 2.20. The summed E-state index contributed by atoms with van der Waals surface area (Å²) in [6.07, 6.45) is 0.516. The van der Waals surface area contributed by atoms with Crippen molar-refractivity contribution in [3.05, 3.63) is 29.8 Å². The fourth-order valence-corrected chi connectivity index (χ4v) is 2.46. The average Bonchev–Trinajstić information content (AvgIpc) is 2.95. The van der Waals surface area contributed by atoms with Crippen LogP contribution in [0.25, 0.3) is 0 Å². The summed E-state index contributed by atoms with van der Waals surface area (Å²) in [5.74, 6) is -3.56. The van der Waals surface area contributed by atoms with Crippen molar-refractivity contribution in [2.75, 3.05) is 18.6 Å². The average molecular weight is 313 g/mol. The number of nitrogens with zero attached hydrogens (tertiary/aromatic N) is 1. The third kappa shape index (κ3) is 3.79. The minimum atomic E-state index is -1.01. The first kappa shape index (κ1) is 16.4. The molecule has 2 unspecified atom stereocenters. The third-order valence-corrected chi connectivity index (χ3v) is 3.73. The zero-order chi connectivity index (χ0) is 16.3. The molecule has 120 valence electrons. The second-order valence-corrected chi connectivity index (χ2v) is 5.32. The van der Waals surface area contributed by atoms with Crippen LogP contribution in [0.4, 0.5) is 14.5 Å². The van der Waals surface area contributed by atoms with Crippen molar-refractivity contribution in [2.24, 2.45) is 5.92 Å². The van der Waals surface area contributed by atoms with Crippen LogP contribution >= 0.6 is 0 Å². The Balaban J connectivity index is 1.96. The summed E-state index contributed by atoms with van der Waals surface area (Å²) in [6, 6.07) is 3.26. The van der Waals surface area contributed by atoms with Gasteiger partial charge in [-0.05, 0) is 25.0 Å². The number of carboxylic acids is 1. The lowest BCUT2D eigenvalue weighted by molar-refractivity contribution is -0.137. The molecule has 1 aliphatic heterocycles. The first-order chi connectivity index (χ1) is 10.4. The monoisotopic (exact) mass is 313 g/mol. The fraction of sp³-hybridized carbons (Fsp3) is 0.467. The predicted molar refractivity (Wildman–Crippen MR) is 74.5 cm³/mol. The van der Waals surface area contributed by atoms with E-state index in [0.29, 0.717) is 12.8 Å². The van der Waals surface area contributed by atoms with E-state index >= 15 is 0 Å². The van der Waals surface area contributed by atoms with Crippen molar-refractivity contribution in [1.82, 2.24) is 0 Å². The van der Waals surface area contributed by atoms with E-state index in [2.05, 4.69) is 0 Å². The minimum absolute atomic E-state index is 0.00934. The second-order valence-electron chi connectivity index (χ2n) is 5.32. The lowest BCUT2D eigenvalue weighted by atomic mass is 10.0. The Morgan fingerprint density at radius 1 is 1.36 bits per heavy atom. The van der Waals surface area contributed by atoms with Gasteiger partial charge in [0, 0.05) is 25.2 Å². The lowest BCUT2D eigenvalue weighted by Gasteiger charge is -2.20. The number of halogens is 2. The number of aliphatic carboxylic acids is 1.